The summed E-state index contributed by atoms with van der Waals surface area (Å²) in [5.74, 6) is 0. The number of hydrogen-bond acceptors (Lipinski definition) is 1. The molecule has 230 valence electrons. The summed E-state index contributed by atoms with van der Waals surface area (Å²) >= 11 is 0. The Morgan fingerprint density at radius 2 is 0.755 bits per heavy atom. The minimum absolute atomic E-state index is 0.0578. The molecule has 0 bridgehead atoms. The largest absolute Gasteiger partial charge is 0.363 e. The van der Waals surface area contributed by atoms with E-state index in [9.17, 15) is 0 Å². The summed E-state index contributed by atoms with van der Waals surface area (Å²) in [5, 5.41) is 10.4. The highest BCUT2D eigenvalue weighted by Gasteiger charge is 2.33. The molecule has 1 heteroatoms. The molecule has 9 aromatic rings. The molecule has 49 heavy (non-hydrogen) atoms. The van der Waals surface area contributed by atoms with E-state index in [0.29, 0.717) is 0 Å². The zero-order valence-electron chi connectivity index (χ0n) is 27.3. The monoisotopic (exact) mass is 623 g/mol. The third-order valence-electron chi connectivity index (χ3n) is 10.7. The Morgan fingerprint density at radius 1 is 0.347 bits per heavy atom. The minimum Gasteiger partial charge on any atom is -0.363 e. The SMILES string of the molecule is CN1c2ccccc2-c2c(c3ccccc3c3ccccc23)C1c1ccc(-c2c3ccccc3c(-c3ccccc3)c3ccccc23)cc1. The third kappa shape index (κ3) is 4.12. The maximum atomic E-state index is 2.48. The van der Waals surface area contributed by atoms with Gasteiger partial charge in [0.2, 0.25) is 0 Å². The molecule has 0 radical (unpaired) electrons. The van der Waals surface area contributed by atoms with Crippen molar-refractivity contribution in [3.63, 3.8) is 0 Å². The fourth-order valence-electron chi connectivity index (χ4n) is 8.65. The maximum absolute atomic E-state index is 2.48. The van der Waals surface area contributed by atoms with Gasteiger partial charge in [0.15, 0.2) is 0 Å². The molecule has 9 aromatic carbocycles. The lowest BCUT2D eigenvalue weighted by atomic mass is 9.79. The Bertz CT molecular complexity index is 2670. The second-order valence-electron chi connectivity index (χ2n) is 13.2. The smallest absolute Gasteiger partial charge is 0.0805 e. The van der Waals surface area contributed by atoms with Crippen LogP contribution in [-0.2, 0) is 0 Å². The standard InChI is InChI=1S/C48H33N/c1-49-43-26-14-13-25-42(43)46-36-19-7-5-17-34(36)35-18-6-8-20-37(35)47(46)48(49)33-29-27-32(28-30-33)45-40-23-11-9-21-38(40)44(31-15-3-2-4-16-31)39-22-10-12-24-41(39)45/h2-30,48H,1H3. The van der Waals surface area contributed by atoms with E-state index in [-0.39, 0.29) is 6.04 Å². The van der Waals surface area contributed by atoms with Crippen molar-refractivity contribution in [2.45, 2.75) is 6.04 Å². The van der Waals surface area contributed by atoms with Gasteiger partial charge in [-0.1, -0.05) is 170 Å². The predicted octanol–water partition coefficient (Wildman–Crippen LogP) is 12.8. The molecule has 1 aliphatic heterocycles. The normalized spacial score (nSPS) is 14.0. The second-order valence-corrected chi connectivity index (χ2v) is 13.2. The average Bonchev–Trinajstić information content (AvgIpc) is 3.17. The van der Waals surface area contributed by atoms with E-state index in [2.05, 4.69) is 188 Å². The number of para-hydroxylation sites is 1. The number of anilines is 1. The first-order valence-electron chi connectivity index (χ1n) is 17.1. The van der Waals surface area contributed by atoms with Crippen LogP contribution in [0, 0.1) is 0 Å². The van der Waals surface area contributed by atoms with Crippen LogP contribution in [0.5, 0.6) is 0 Å². The average molecular weight is 624 g/mol. The topological polar surface area (TPSA) is 3.24 Å². The summed E-state index contributed by atoms with van der Waals surface area (Å²) in [7, 11) is 2.26. The van der Waals surface area contributed by atoms with E-state index in [1.807, 2.05) is 0 Å². The van der Waals surface area contributed by atoms with Crippen LogP contribution in [-0.4, -0.2) is 7.05 Å². The van der Waals surface area contributed by atoms with Crippen molar-refractivity contribution in [1.82, 2.24) is 0 Å². The molecule has 1 heterocycles. The number of rotatable bonds is 3. The number of hydrogen-bond donors (Lipinski definition) is 0. The van der Waals surface area contributed by atoms with Gasteiger partial charge < -0.3 is 4.90 Å². The maximum Gasteiger partial charge on any atom is 0.0805 e. The van der Waals surface area contributed by atoms with E-state index in [1.54, 1.807) is 0 Å². The molecule has 1 unspecified atom stereocenters. The van der Waals surface area contributed by atoms with Crippen molar-refractivity contribution in [1.29, 1.82) is 0 Å². The Kier molecular flexibility index (Phi) is 6.22. The highest BCUT2D eigenvalue weighted by molar-refractivity contribution is 6.21. The lowest BCUT2D eigenvalue weighted by Gasteiger charge is -2.39. The van der Waals surface area contributed by atoms with Crippen LogP contribution in [0.4, 0.5) is 5.69 Å². The zero-order valence-corrected chi connectivity index (χ0v) is 27.3. The molecule has 10 rings (SSSR count). The van der Waals surface area contributed by atoms with Crippen molar-refractivity contribution in [2.75, 3.05) is 11.9 Å². The van der Waals surface area contributed by atoms with Crippen LogP contribution in [0.25, 0.3) is 76.5 Å². The fraction of sp³-hybridized carbons (Fsp3) is 0.0417. The fourth-order valence-corrected chi connectivity index (χ4v) is 8.65. The Balaban J connectivity index is 1.21. The van der Waals surface area contributed by atoms with E-state index in [0.717, 1.165) is 0 Å². The van der Waals surface area contributed by atoms with Crippen molar-refractivity contribution in [2.24, 2.45) is 0 Å². The van der Waals surface area contributed by atoms with Crippen molar-refractivity contribution in [3.8, 4) is 33.4 Å². The molecule has 0 N–H and O–H groups in total. The van der Waals surface area contributed by atoms with Gasteiger partial charge in [-0.25, -0.2) is 0 Å². The van der Waals surface area contributed by atoms with Gasteiger partial charge in [-0.15, -0.1) is 0 Å². The van der Waals surface area contributed by atoms with Crippen LogP contribution < -0.4 is 4.90 Å². The van der Waals surface area contributed by atoms with E-state index in [1.165, 1.54) is 93.3 Å². The Labute approximate surface area is 286 Å². The molecule has 0 saturated carbocycles. The molecule has 0 amide bonds. The number of benzene rings is 9. The summed E-state index contributed by atoms with van der Waals surface area (Å²) in [4.78, 5) is 2.48. The lowest BCUT2D eigenvalue weighted by Crippen LogP contribution is -2.29. The van der Waals surface area contributed by atoms with Crippen molar-refractivity contribution < 1.29 is 0 Å². The molecule has 0 spiro atoms. The first-order valence-corrected chi connectivity index (χ1v) is 17.1. The van der Waals surface area contributed by atoms with Gasteiger partial charge in [0.1, 0.15) is 0 Å². The zero-order chi connectivity index (χ0) is 32.5. The van der Waals surface area contributed by atoms with E-state index >= 15 is 0 Å². The summed E-state index contributed by atoms with van der Waals surface area (Å²) in [5.41, 5.74) is 11.6. The first kappa shape index (κ1) is 27.9. The van der Waals surface area contributed by atoms with Crippen molar-refractivity contribution >= 4 is 48.8 Å². The molecule has 0 aliphatic carbocycles. The van der Waals surface area contributed by atoms with Crippen LogP contribution in [0.15, 0.2) is 176 Å². The quantitative estimate of drug-likeness (QED) is 0.140. The lowest BCUT2D eigenvalue weighted by molar-refractivity contribution is 0.782. The molecule has 0 saturated heterocycles. The van der Waals surface area contributed by atoms with E-state index in [4.69, 9.17) is 0 Å². The second kappa shape index (κ2) is 10.9. The molecular weight excluding hydrogens is 591 g/mol. The summed E-state index contributed by atoms with van der Waals surface area (Å²) in [6, 6.07) is 64.9. The Hall–Kier alpha value is -6.18. The Morgan fingerprint density at radius 3 is 1.33 bits per heavy atom. The minimum atomic E-state index is 0.0578. The first-order chi connectivity index (χ1) is 24.3. The summed E-state index contributed by atoms with van der Waals surface area (Å²) in [6.45, 7) is 0. The van der Waals surface area contributed by atoms with Gasteiger partial charge in [0.25, 0.3) is 0 Å². The van der Waals surface area contributed by atoms with Crippen LogP contribution in [0.3, 0.4) is 0 Å². The summed E-state index contributed by atoms with van der Waals surface area (Å²) in [6.07, 6.45) is 0. The van der Waals surface area contributed by atoms with Crippen molar-refractivity contribution in [3.05, 3.63) is 187 Å². The van der Waals surface area contributed by atoms with Gasteiger partial charge in [-0.05, 0) is 88.1 Å². The van der Waals surface area contributed by atoms with Gasteiger partial charge >= 0.3 is 0 Å². The molecule has 0 aromatic heterocycles. The molecular formula is C48H33N. The highest BCUT2D eigenvalue weighted by atomic mass is 15.1. The van der Waals surface area contributed by atoms with Crippen LogP contribution in [0.1, 0.15) is 17.2 Å². The third-order valence-corrected chi connectivity index (χ3v) is 10.7. The van der Waals surface area contributed by atoms with Crippen LogP contribution in [0.2, 0.25) is 0 Å². The summed E-state index contributed by atoms with van der Waals surface area (Å²) < 4.78 is 0. The molecule has 1 nitrogen and oxygen atoms in total. The van der Waals surface area contributed by atoms with Gasteiger partial charge in [-0.3, -0.25) is 0 Å². The number of nitrogens with zero attached hydrogens (tertiary/aromatic N) is 1. The van der Waals surface area contributed by atoms with Gasteiger partial charge in [-0.2, -0.15) is 0 Å². The molecule has 1 aliphatic rings. The van der Waals surface area contributed by atoms with Gasteiger partial charge in [0.05, 0.1) is 6.04 Å². The van der Waals surface area contributed by atoms with E-state index < -0.39 is 0 Å². The molecule has 0 fully saturated rings. The predicted molar refractivity (Wildman–Crippen MR) is 209 cm³/mol. The van der Waals surface area contributed by atoms with Gasteiger partial charge in [0, 0.05) is 18.3 Å². The molecule has 1 atom stereocenters. The van der Waals surface area contributed by atoms with Crippen LogP contribution >= 0.6 is 0 Å². The highest BCUT2D eigenvalue weighted by Crippen LogP contribution is 2.52. The number of fused-ring (bicyclic) bond motifs is 10.